The van der Waals surface area contributed by atoms with Crippen LogP contribution < -0.4 is 10.9 Å². The number of carbonyl (C=O) groups excluding carboxylic acids is 1. The molecule has 0 fully saturated rings. The first-order valence-electron chi connectivity index (χ1n) is 9.43. The summed E-state index contributed by atoms with van der Waals surface area (Å²) in [5.41, 5.74) is 2.27. The molecule has 9 heteroatoms. The second-order valence-electron chi connectivity index (χ2n) is 6.88. The molecule has 0 unspecified atom stereocenters. The van der Waals surface area contributed by atoms with Gasteiger partial charge >= 0.3 is 0 Å². The molecule has 0 aliphatic rings. The van der Waals surface area contributed by atoms with Gasteiger partial charge in [-0.05, 0) is 31.2 Å². The highest BCUT2D eigenvalue weighted by Gasteiger charge is 2.16. The number of aromatic amines is 1. The summed E-state index contributed by atoms with van der Waals surface area (Å²) >= 11 is 1.10. The maximum Gasteiger partial charge on any atom is 0.283 e. The zero-order valence-electron chi connectivity index (χ0n) is 16.5. The van der Waals surface area contributed by atoms with Gasteiger partial charge in [-0.15, -0.1) is 0 Å². The highest BCUT2D eigenvalue weighted by atomic mass is 32.2. The van der Waals surface area contributed by atoms with Crippen LogP contribution in [0.1, 0.15) is 11.3 Å². The predicted octanol–water partition coefficient (Wildman–Crippen LogP) is 3.71. The molecular weight excluding hydrogens is 422 g/mol. The number of thioether (sulfide) groups is 1. The van der Waals surface area contributed by atoms with Gasteiger partial charge in [0.1, 0.15) is 17.2 Å². The molecule has 0 bridgehead atoms. The Morgan fingerprint density at radius 1 is 1.16 bits per heavy atom. The Labute approximate surface area is 180 Å². The van der Waals surface area contributed by atoms with Crippen LogP contribution in [0.5, 0.6) is 0 Å². The summed E-state index contributed by atoms with van der Waals surface area (Å²) in [6, 6.07) is 14.0. The fourth-order valence-corrected chi connectivity index (χ4v) is 3.96. The second-order valence-corrected chi connectivity index (χ2v) is 7.83. The van der Waals surface area contributed by atoms with Crippen LogP contribution in [-0.2, 0) is 11.3 Å². The maximum atomic E-state index is 13.7. The van der Waals surface area contributed by atoms with E-state index in [0.717, 1.165) is 29.6 Å². The molecule has 2 N–H and O–H groups in total. The lowest BCUT2D eigenvalue weighted by Crippen LogP contribution is -2.26. The van der Waals surface area contributed by atoms with Gasteiger partial charge in [0.15, 0.2) is 5.16 Å². The lowest BCUT2D eigenvalue weighted by molar-refractivity contribution is -0.118. The summed E-state index contributed by atoms with van der Waals surface area (Å²) < 4.78 is 28.2. The van der Waals surface area contributed by atoms with Crippen LogP contribution in [0.3, 0.4) is 0 Å². The van der Waals surface area contributed by atoms with E-state index in [0.29, 0.717) is 21.9 Å². The van der Waals surface area contributed by atoms with Crippen molar-refractivity contribution in [3.63, 3.8) is 0 Å². The van der Waals surface area contributed by atoms with E-state index >= 15 is 0 Å². The van der Waals surface area contributed by atoms with Crippen molar-refractivity contribution in [2.24, 2.45) is 0 Å². The van der Waals surface area contributed by atoms with E-state index in [1.165, 1.54) is 10.6 Å². The molecule has 2 aromatic heterocycles. The third-order valence-electron chi connectivity index (χ3n) is 4.59. The van der Waals surface area contributed by atoms with Crippen LogP contribution in [-0.4, -0.2) is 26.2 Å². The number of para-hydroxylation sites is 1. The van der Waals surface area contributed by atoms with Crippen molar-refractivity contribution in [2.45, 2.75) is 18.6 Å². The van der Waals surface area contributed by atoms with E-state index in [1.54, 1.807) is 18.2 Å². The Balaban J connectivity index is 1.56. The Kier molecular flexibility index (Phi) is 5.85. The number of amides is 1. The minimum absolute atomic E-state index is 0.0308. The Hall–Kier alpha value is -3.46. The molecule has 0 aliphatic carbocycles. The van der Waals surface area contributed by atoms with Crippen LogP contribution in [0.15, 0.2) is 64.5 Å². The van der Waals surface area contributed by atoms with E-state index in [9.17, 15) is 18.4 Å². The monoisotopic (exact) mass is 440 g/mol. The number of nitrogens with zero attached hydrogens (tertiary/aromatic N) is 2. The Bertz CT molecular complexity index is 1320. The van der Waals surface area contributed by atoms with E-state index in [4.69, 9.17) is 0 Å². The largest absolute Gasteiger partial charge is 0.353 e. The average Bonchev–Trinajstić information content (AvgIpc) is 3.13. The molecule has 6 nitrogen and oxygen atoms in total. The molecule has 2 aromatic carbocycles. The standard InChI is InChI=1S/C22H18F2N4O2S/c1-13-9-18-20(26-13)21(30)28(16-5-3-2-4-6-16)22(27-18)31-12-19(29)25-11-14-7-8-15(23)10-17(14)24/h2-10,26H,11-12H2,1H3,(H,25,29). The summed E-state index contributed by atoms with van der Waals surface area (Å²) in [5.74, 6) is -1.80. The van der Waals surface area contributed by atoms with Crippen LogP contribution in [0.2, 0.25) is 0 Å². The van der Waals surface area contributed by atoms with Crippen LogP contribution in [0, 0.1) is 18.6 Å². The van der Waals surface area contributed by atoms with E-state index in [1.807, 2.05) is 25.1 Å². The molecule has 0 saturated heterocycles. The number of H-pyrrole nitrogens is 1. The number of benzene rings is 2. The molecule has 0 radical (unpaired) electrons. The molecule has 1 amide bonds. The molecule has 4 rings (SSSR count). The van der Waals surface area contributed by atoms with Gasteiger partial charge in [-0.25, -0.2) is 13.8 Å². The van der Waals surface area contributed by atoms with Crippen molar-refractivity contribution < 1.29 is 13.6 Å². The van der Waals surface area contributed by atoms with Gasteiger partial charge in [0.25, 0.3) is 5.56 Å². The topological polar surface area (TPSA) is 79.8 Å². The minimum Gasteiger partial charge on any atom is -0.353 e. The normalized spacial score (nSPS) is 11.1. The van der Waals surface area contributed by atoms with Crippen molar-refractivity contribution in [1.82, 2.24) is 19.9 Å². The van der Waals surface area contributed by atoms with Gasteiger partial charge in [-0.3, -0.25) is 14.2 Å². The zero-order valence-corrected chi connectivity index (χ0v) is 17.3. The van der Waals surface area contributed by atoms with Gasteiger partial charge in [0.05, 0.1) is 17.0 Å². The fraction of sp³-hybridized carbons (Fsp3) is 0.136. The van der Waals surface area contributed by atoms with Crippen LogP contribution in [0.25, 0.3) is 16.7 Å². The molecular formula is C22H18F2N4O2S. The first-order chi connectivity index (χ1) is 14.9. The number of hydrogen-bond donors (Lipinski definition) is 2. The van der Waals surface area contributed by atoms with Crippen molar-refractivity contribution in [3.05, 3.63) is 87.8 Å². The van der Waals surface area contributed by atoms with Crippen molar-refractivity contribution >= 4 is 28.7 Å². The SMILES string of the molecule is Cc1cc2nc(SCC(=O)NCc3ccc(F)cc3F)n(-c3ccccc3)c(=O)c2[nH]1. The summed E-state index contributed by atoms with van der Waals surface area (Å²) in [5, 5.41) is 2.97. The highest BCUT2D eigenvalue weighted by Crippen LogP contribution is 2.21. The smallest absolute Gasteiger partial charge is 0.283 e. The molecule has 0 atom stereocenters. The number of fused-ring (bicyclic) bond motifs is 1. The summed E-state index contributed by atoms with van der Waals surface area (Å²) in [4.78, 5) is 33.0. The second kappa shape index (κ2) is 8.73. The summed E-state index contributed by atoms with van der Waals surface area (Å²) in [6.07, 6.45) is 0. The quantitative estimate of drug-likeness (QED) is 0.354. The first-order valence-corrected chi connectivity index (χ1v) is 10.4. The number of aryl methyl sites for hydroxylation is 1. The number of halogens is 2. The molecule has 0 saturated carbocycles. The van der Waals surface area contributed by atoms with Gasteiger partial charge in [0, 0.05) is 23.9 Å². The fourth-order valence-electron chi connectivity index (χ4n) is 3.12. The Morgan fingerprint density at radius 2 is 1.94 bits per heavy atom. The van der Waals surface area contributed by atoms with Crippen LogP contribution >= 0.6 is 11.8 Å². The van der Waals surface area contributed by atoms with Crippen molar-refractivity contribution in [3.8, 4) is 5.69 Å². The van der Waals surface area contributed by atoms with E-state index in [2.05, 4.69) is 15.3 Å². The van der Waals surface area contributed by atoms with Crippen molar-refractivity contribution in [1.29, 1.82) is 0 Å². The number of aromatic nitrogens is 3. The number of hydrogen-bond acceptors (Lipinski definition) is 4. The van der Waals surface area contributed by atoms with Gasteiger partial charge < -0.3 is 10.3 Å². The molecule has 31 heavy (non-hydrogen) atoms. The maximum absolute atomic E-state index is 13.7. The summed E-state index contributed by atoms with van der Waals surface area (Å²) in [7, 11) is 0. The number of nitrogens with one attached hydrogen (secondary N) is 2. The van der Waals surface area contributed by atoms with Crippen molar-refractivity contribution in [2.75, 3.05) is 5.75 Å². The molecule has 0 aliphatic heterocycles. The first kappa shape index (κ1) is 20.8. The minimum atomic E-state index is -0.721. The molecule has 4 aromatic rings. The van der Waals surface area contributed by atoms with Gasteiger partial charge in [0.2, 0.25) is 5.91 Å². The van der Waals surface area contributed by atoms with E-state index in [-0.39, 0.29) is 29.3 Å². The highest BCUT2D eigenvalue weighted by molar-refractivity contribution is 7.99. The average molecular weight is 440 g/mol. The zero-order chi connectivity index (χ0) is 22.0. The number of rotatable bonds is 6. The van der Waals surface area contributed by atoms with Gasteiger partial charge in [-0.1, -0.05) is 36.0 Å². The Morgan fingerprint density at radius 3 is 2.68 bits per heavy atom. The van der Waals surface area contributed by atoms with Crippen LogP contribution in [0.4, 0.5) is 8.78 Å². The van der Waals surface area contributed by atoms with Gasteiger partial charge in [-0.2, -0.15) is 0 Å². The third kappa shape index (κ3) is 4.51. The lowest BCUT2D eigenvalue weighted by atomic mass is 10.2. The summed E-state index contributed by atoms with van der Waals surface area (Å²) in [6.45, 7) is 1.77. The molecule has 2 heterocycles. The molecule has 0 spiro atoms. The predicted molar refractivity (Wildman–Crippen MR) is 115 cm³/mol. The molecule has 158 valence electrons. The lowest BCUT2D eigenvalue weighted by Gasteiger charge is -2.12. The third-order valence-corrected chi connectivity index (χ3v) is 5.53. The number of carbonyl (C=O) groups is 1. The van der Waals surface area contributed by atoms with E-state index < -0.39 is 11.6 Å².